The van der Waals surface area contributed by atoms with Gasteiger partial charge < -0.3 is 4.74 Å². The van der Waals surface area contributed by atoms with E-state index in [2.05, 4.69) is 27.0 Å². The van der Waals surface area contributed by atoms with Gasteiger partial charge in [-0.05, 0) is 45.2 Å². The van der Waals surface area contributed by atoms with Gasteiger partial charge in [-0.2, -0.15) is 0 Å². The molecule has 2 heterocycles. The van der Waals surface area contributed by atoms with Crippen molar-refractivity contribution in [3.05, 3.63) is 23.4 Å². The van der Waals surface area contributed by atoms with Crippen molar-refractivity contribution in [3.63, 3.8) is 0 Å². The van der Waals surface area contributed by atoms with Gasteiger partial charge in [-0.1, -0.05) is 22.0 Å². The van der Waals surface area contributed by atoms with Gasteiger partial charge in [-0.3, -0.25) is 4.90 Å². The van der Waals surface area contributed by atoms with Crippen LogP contribution in [0.2, 0.25) is 0 Å². The molecule has 0 bridgehead atoms. The van der Waals surface area contributed by atoms with Crippen LogP contribution < -0.4 is 4.90 Å². The summed E-state index contributed by atoms with van der Waals surface area (Å²) in [6.45, 7) is 6.29. The Bertz CT molecular complexity index is 483. The molecule has 1 amide bonds. The lowest BCUT2D eigenvalue weighted by molar-refractivity contribution is 0.0576. The Morgan fingerprint density at radius 3 is 2.84 bits per heavy atom. The molecule has 1 aliphatic heterocycles. The van der Waals surface area contributed by atoms with Gasteiger partial charge in [-0.25, -0.2) is 9.78 Å². The van der Waals surface area contributed by atoms with E-state index in [0.29, 0.717) is 11.9 Å². The molecule has 0 aliphatic carbocycles. The van der Waals surface area contributed by atoms with Crippen LogP contribution in [-0.4, -0.2) is 23.2 Å². The van der Waals surface area contributed by atoms with E-state index in [1.807, 2.05) is 26.8 Å². The molecule has 0 aromatic carbocycles. The zero-order valence-electron chi connectivity index (χ0n) is 11.6. The summed E-state index contributed by atoms with van der Waals surface area (Å²) in [6, 6.07) is 4.04. The third kappa shape index (κ3) is 3.47. The molecule has 1 aromatic heterocycles. The number of carbonyl (C=O) groups excluding carboxylic acids is 1. The van der Waals surface area contributed by atoms with Crippen molar-refractivity contribution in [1.82, 2.24) is 4.98 Å². The molecule has 0 saturated carbocycles. The van der Waals surface area contributed by atoms with Crippen LogP contribution in [0.3, 0.4) is 0 Å². The lowest BCUT2D eigenvalue weighted by atomic mass is 10.1. The molecule has 0 radical (unpaired) electrons. The number of aromatic nitrogens is 1. The lowest BCUT2D eigenvalue weighted by Crippen LogP contribution is -2.40. The first-order chi connectivity index (χ1) is 8.90. The van der Waals surface area contributed by atoms with Crippen LogP contribution >= 0.6 is 15.9 Å². The Morgan fingerprint density at radius 1 is 1.47 bits per heavy atom. The number of carbonyl (C=O) groups is 1. The van der Waals surface area contributed by atoms with Gasteiger partial charge in [0.05, 0.1) is 5.69 Å². The SMILES string of the molecule is CC(C)(C)OC(=O)N1CCCc2ccc(CBr)nc21. The number of fused-ring (bicyclic) bond motifs is 1. The van der Waals surface area contributed by atoms with Gasteiger partial charge in [0.1, 0.15) is 11.4 Å². The van der Waals surface area contributed by atoms with Crippen LogP contribution in [0.4, 0.5) is 10.6 Å². The average molecular weight is 327 g/mol. The van der Waals surface area contributed by atoms with E-state index in [1.165, 1.54) is 0 Å². The van der Waals surface area contributed by atoms with Crippen LogP contribution in [0, 0.1) is 0 Å². The van der Waals surface area contributed by atoms with Crippen LogP contribution in [0.25, 0.3) is 0 Å². The highest BCUT2D eigenvalue weighted by molar-refractivity contribution is 9.08. The minimum absolute atomic E-state index is 0.312. The number of hydrogen-bond donors (Lipinski definition) is 0. The van der Waals surface area contributed by atoms with Crippen molar-refractivity contribution in [3.8, 4) is 0 Å². The third-order valence-corrected chi connectivity index (χ3v) is 3.42. The normalized spacial score (nSPS) is 15.1. The Balaban J connectivity index is 2.28. The second kappa shape index (κ2) is 5.49. The summed E-state index contributed by atoms with van der Waals surface area (Å²) >= 11 is 3.39. The number of aryl methyl sites for hydroxylation is 1. The minimum Gasteiger partial charge on any atom is -0.443 e. The predicted octanol–water partition coefficient (Wildman–Crippen LogP) is 3.66. The van der Waals surface area contributed by atoms with Crippen LogP contribution in [0.15, 0.2) is 12.1 Å². The van der Waals surface area contributed by atoms with E-state index in [9.17, 15) is 4.79 Å². The number of nitrogens with zero attached hydrogens (tertiary/aromatic N) is 2. The monoisotopic (exact) mass is 326 g/mol. The third-order valence-electron chi connectivity index (χ3n) is 2.85. The zero-order valence-corrected chi connectivity index (χ0v) is 13.2. The standard InChI is InChI=1S/C14H19BrN2O2/c1-14(2,3)19-13(18)17-8-4-5-10-6-7-11(9-15)16-12(10)17/h6-7H,4-5,8-9H2,1-3H3. The van der Waals surface area contributed by atoms with Crippen molar-refractivity contribution in [2.45, 2.75) is 44.5 Å². The summed E-state index contributed by atoms with van der Waals surface area (Å²) < 4.78 is 5.44. The second-order valence-electron chi connectivity index (χ2n) is 5.65. The summed E-state index contributed by atoms with van der Waals surface area (Å²) in [4.78, 5) is 18.4. The van der Waals surface area contributed by atoms with E-state index in [1.54, 1.807) is 4.90 Å². The van der Waals surface area contributed by atoms with Gasteiger partial charge >= 0.3 is 6.09 Å². The smallest absolute Gasteiger partial charge is 0.416 e. The summed E-state index contributed by atoms with van der Waals surface area (Å²) in [5.41, 5.74) is 1.55. The maximum atomic E-state index is 12.2. The van der Waals surface area contributed by atoms with Crippen molar-refractivity contribution in [1.29, 1.82) is 0 Å². The topological polar surface area (TPSA) is 42.4 Å². The average Bonchev–Trinajstić information content (AvgIpc) is 2.35. The maximum Gasteiger partial charge on any atom is 0.416 e. The van der Waals surface area contributed by atoms with Crippen LogP contribution in [-0.2, 0) is 16.5 Å². The first-order valence-corrected chi connectivity index (χ1v) is 7.58. The molecule has 4 nitrogen and oxygen atoms in total. The van der Waals surface area contributed by atoms with Crippen molar-refractivity contribution >= 4 is 27.8 Å². The highest BCUT2D eigenvalue weighted by atomic mass is 79.9. The largest absolute Gasteiger partial charge is 0.443 e. The van der Waals surface area contributed by atoms with E-state index in [0.717, 1.165) is 29.9 Å². The molecule has 0 unspecified atom stereocenters. The fourth-order valence-electron chi connectivity index (χ4n) is 2.05. The highest BCUT2D eigenvalue weighted by Gasteiger charge is 2.28. The molecule has 19 heavy (non-hydrogen) atoms. The summed E-state index contributed by atoms with van der Waals surface area (Å²) in [5.74, 6) is 0.748. The van der Waals surface area contributed by atoms with Gasteiger partial charge in [0.25, 0.3) is 0 Å². The molecule has 0 fully saturated rings. The molecule has 2 rings (SSSR count). The quantitative estimate of drug-likeness (QED) is 0.739. The van der Waals surface area contributed by atoms with E-state index >= 15 is 0 Å². The van der Waals surface area contributed by atoms with Crippen LogP contribution in [0.1, 0.15) is 38.4 Å². The molecular formula is C14H19BrN2O2. The molecule has 0 N–H and O–H groups in total. The number of pyridine rings is 1. The number of amides is 1. The molecular weight excluding hydrogens is 308 g/mol. The van der Waals surface area contributed by atoms with E-state index in [-0.39, 0.29) is 6.09 Å². The molecule has 0 spiro atoms. The van der Waals surface area contributed by atoms with Crippen molar-refractivity contribution in [2.24, 2.45) is 0 Å². The summed E-state index contributed by atoms with van der Waals surface area (Å²) in [6.07, 6.45) is 1.60. The second-order valence-corrected chi connectivity index (χ2v) is 6.22. The summed E-state index contributed by atoms with van der Waals surface area (Å²) in [7, 11) is 0. The summed E-state index contributed by atoms with van der Waals surface area (Å²) in [5, 5.41) is 0.683. The van der Waals surface area contributed by atoms with Crippen molar-refractivity contribution in [2.75, 3.05) is 11.4 Å². The Hall–Kier alpha value is -1.10. The number of alkyl halides is 1. The van der Waals surface area contributed by atoms with Crippen molar-refractivity contribution < 1.29 is 9.53 Å². The Labute approximate surface area is 122 Å². The van der Waals surface area contributed by atoms with E-state index < -0.39 is 5.60 Å². The number of ether oxygens (including phenoxy) is 1. The van der Waals surface area contributed by atoms with Gasteiger partial charge in [0.15, 0.2) is 0 Å². The fraction of sp³-hybridized carbons (Fsp3) is 0.571. The van der Waals surface area contributed by atoms with Gasteiger partial charge in [0.2, 0.25) is 0 Å². The molecule has 5 heteroatoms. The number of rotatable bonds is 1. The molecule has 1 aromatic rings. The number of anilines is 1. The lowest BCUT2D eigenvalue weighted by Gasteiger charge is -2.30. The van der Waals surface area contributed by atoms with Gasteiger partial charge in [-0.15, -0.1) is 0 Å². The number of hydrogen-bond acceptors (Lipinski definition) is 3. The Kier molecular flexibility index (Phi) is 4.13. The predicted molar refractivity (Wildman–Crippen MR) is 78.8 cm³/mol. The Morgan fingerprint density at radius 2 is 2.21 bits per heavy atom. The fourth-order valence-corrected chi connectivity index (χ4v) is 2.36. The molecule has 0 atom stereocenters. The first kappa shape index (κ1) is 14.3. The zero-order chi connectivity index (χ0) is 14.0. The van der Waals surface area contributed by atoms with Gasteiger partial charge in [0, 0.05) is 11.9 Å². The molecule has 104 valence electrons. The molecule has 1 aliphatic rings. The van der Waals surface area contributed by atoms with Crippen LogP contribution in [0.5, 0.6) is 0 Å². The van der Waals surface area contributed by atoms with E-state index in [4.69, 9.17) is 4.74 Å². The first-order valence-electron chi connectivity index (χ1n) is 6.46. The number of halogens is 1. The molecule has 0 saturated heterocycles. The highest BCUT2D eigenvalue weighted by Crippen LogP contribution is 2.27. The maximum absolute atomic E-state index is 12.2. The minimum atomic E-state index is -0.484.